The fraction of sp³-hybridized carbons (Fsp3) is 0.333. The van der Waals surface area contributed by atoms with Crippen molar-refractivity contribution < 1.29 is 13.9 Å². The number of halogens is 1. The lowest BCUT2D eigenvalue weighted by Crippen LogP contribution is -2.33. The molecule has 0 saturated heterocycles. The maximum atomic E-state index is 13.4. The normalized spacial score (nSPS) is 12.0. The van der Waals surface area contributed by atoms with Crippen LogP contribution in [0.3, 0.4) is 0 Å². The first-order chi connectivity index (χ1) is 14.5. The molecule has 9 heteroatoms. The van der Waals surface area contributed by atoms with Gasteiger partial charge in [0.2, 0.25) is 5.91 Å². The molecule has 7 nitrogen and oxygen atoms in total. The molecule has 158 valence electrons. The molecule has 1 aromatic carbocycles. The molecule has 0 radical (unpaired) electrons. The van der Waals surface area contributed by atoms with Gasteiger partial charge in [-0.05, 0) is 36.8 Å². The smallest absolute Gasteiger partial charge is 0.235 e. The number of carbonyl (C=O) groups excluding carboxylic acids is 1. The van der Waals surface area contributed by atoms with E-state index in [2.05, 4.69) is 15.2 Å². The van der Waals surface area contributed by atoms with Gasteiger partial charge in [0.25, 0.3) is 0 Å². The fourth-order valence-corrected chi connectivity index (χ4v) is 3.97. The molecule has 1 amide bonds. The van der Waals surface area contributed by atoms with Crippen LogP contribution in [0.4, 0.5) is 4.39 Å². The Kier molecular flexibility index (Phi) is 7.53. The van der Waals surface area contributed by atoms with Crippen molar-refractivity contribution in [3.63, 3.8) is 0 Å². The average Bonchev–Trinajstić information content (AvgIpc) is 3.14. The third kappa shape index (κ3) is 5.43. The SMILES string of the molecule is COCCn1c(SC(C)C(=O)N(C)Cc2cccc(F)c2)nnc1-c1ccncc1. The summed E-state index contributed by atoms with van der Waals surface area (Å²) in [5, 5.41) is 8.87. The molecule has 0 aliphatic heterocycles. The van der Waals surface area contributed by atoms with Crippen LogP contribution < -0.4 is 0 Å². The quantitative estimate of drug-likeness (QED) is 0.486. The number of hydrogen-bond donors (Lipinski definition) is 0. The predicted molar refractivity (Wildman–Crippen MR) is 113 cm³/mol. The number of carbonyl (C=O) groups is 1. The van der Waals surface area contributed by atoms with Crippen molar-refractivity contribution in [3.05, 3.63) is 60.2 Å². The Morgan fingerprint density at radius 3 is 2.73 bits per heavy atom. The number of pyridine rings is 1. The van der Waals surface area contributed by atoms with Crippen LogP contribution in [0, 0.1) is 5.82 Å². The van der Waals surface area contributed by atoms with Crippen LogP contribution >= 0.6 is 11.8 Å². The van der Waals surface area contributed by atoms with E-state index in [0.29, 0.717) is 30.7 Å². The first-order valence-electron chi connectivity index (χ1n) is 9.48. The van der Waals surface area contributed by atoms with E-state index in [0.717, 1.165) is 11.1 Å². The van der Waals surface area contributed by atoms with E-state index in [1.807, 2.05) is 23.6 Å². The van der Waals surface area contributed by atoms with Crippen LogP contribution in [0.15, 0.2) is 53.9 Å². The lowest BCUT2D eigenvalue weighted by atomic mass is 10.2. The highest BCUT2D eigenvalue weighted by Gasteiger charge is 2.23. The lowest BCUT2D eigenvalue weighted by Gasteiger charge is -2.21. The Labute approximate surface area is 179 Å². The summed E-state index contributed by atoms with van der Waals surface area (Å²) in [5.41, 5.74) is 1.63. The van der Waals surface area contributed by atoms with Crippen molar-refractivity contribution in [1.29, 1.82) is 0 Å². The van der Waals surface area contributed by atoms with E-state index in [-0.39, 0.29) is 17.0 Å². The van der Waals surface area contributed by atoms with Gasteiger partial charge in [0.15, 0.2) is 11.0 Å². The first kappa shape index (κ1) is 21.9. The predicted octanol–water partition coefficient (Wildman–Crippen LogP) is 3.26. The van der Waals surface area contributed by atoms with Gasteiger partial charge in [-0.25, -0.2) is 4.39 Å². The molecule has 0 N–H and O–H groups in total. The number of hydrogen-bond acceptors (Lipinski definition) is 6. The molecule has 0 aliphatic carbocycles. The molecule has 0 bridgehead atoms. The maximum absolute atomic E-state index is 13.4. The van der Waals surface area contributed by atoms with Crippen LogP contribution in [0.2, 0.25) is 0 Å². The number of methoxy groups -OCH3 is 1. The minimum Gasteiger partial charge on any atom is -0.383 e. The first-order valence-corrected chi connectivity index (χ1v) is 10.4. The fourth-order valence-electron chi connectivity index (χ4n) is 2.98. The highest BCUT2D eigenvalue weighted by Crippen LogP contribution is 2.27. The summed E-state index contributed by atoms with van der Waals surface area (Å²) >= 11 is 1.34. The van der Waals surface area contributed by atoms with Gasteiger partial charge in [-0.1, -0.05) is 23.9 Å². The molecule has 1 atom stereocenters. The van der Waals surface area contributed by atoms with Crippen LogP contribution in [-0.2, 0) is 22.6 Å². The Morgan fingerprint density at radius 1 is 1.27 bits per heavy atom. The monoisotopic (exact) mass is 429 g/mol. The molecule has 3 aromatic rings. The van der Waals surface area contributed by atoms with E-state index in [1.165, 1.54) is 23.9 Å². The van der Waals surface area contributed by atoms with Crippen molar-refractivity contribution >= 4 is 17.7 Å². The van der Waals surface area contributed by atoms with E-state index in [4.69, 9.17) is 4.74 Å². The molecule has 3 rings (SSSR count). The molecule has 30 heavy (non-hydrogen) atoms. The zero-order valence-corrected chi connectivity index (χ0v) is 18.0. The van der Waals surface area contributed by atoms with Crippen molar-refractivity contribution in [2.45, 2.75) is 30.4 Å². The maximum Gasteiger partial charge on any atom is 0.235 e. The summed E-state index contributed by atoms with van der Waals surface area (Å²) in [4.78, 5) is 18.5. The van der Waals surface area contributed by atoms with Gasteiger partial charge in [-0.3, -0.25) is 14.3 Å². The minimum atomic E-state index is -0.389. The van der Waals surface area contributed by atoms with Crippen molar-refractivity contribution in [2.75, 3.05) is 20.8 Å². The average molecular weight is 430 g/mol. The number of thioether (sulfide) groups is 1. The summed E-state index contributed by atoms with van der Waals surface area (Å²) < 4.78 is 20.6. The highest BCUT2D eigenvalue weighted by molar-refractivity contribution is 8.00. The Balaban J connectivity index is 1.74. The van der Waals surface area contributed by atoms with Crippen molar-refractivity contribution in [2.24, 2.45) is 0 Å². The zero-order chi connectivity index (χ0) is 21.5. The number of ether oxygens (including phenoxy) is 1. The van der Waals surface area contributed by atoms with Gasteiger partial charge >= 0.3 is 0 Å². The molecule has 0 saturated carbocycles. The second-order valence-corrected chi connectivity index (χ2v) is 8.08. The summed E-state index contributed by atoms with van der Waals surface area (Å²) in [6.07, 6.45) is 3.40. The Hall–Kier alpha value is -2.78. The Bertz CT molecular complexity index is 983. The van der Waals surface area contributed by atoms with E-state index >= 15 is 0 Å². The Morgan fingerprint density at radius 2 is 2.03 bits per heavy atom. The zero-order valence-electron chi connectivity index (χ0n) is 17.2. The summed E-state index contributed by atoms with van der Waals surface area (Å²) in [5.74, 6) is 0.311. The van der Waals surface area contributed by atoms with Crippen LogP contribution in [-0.4, -0.2) is 56.6 Å². The number of benzene rings is 1. The van der Waals surface area contributed by atoms with Crippen LogP contribution in [0.5, 0.6) is 0 Å². The second kappa shape index (κ2) is 10.3. The van der Waals surface area contributed by atoms with E-state index in [9.17, 15) is 9.18 Å². The van der Waals surface area contributed by atoms with Crippen LogP contribution in [0.25, 0.3) is 11.4 Å². The van der Waals surface area contributed by atoms with Crippen molar-refractivity contribution in [1.82, 2.24) is 24.6 Å². The number of aromatic nitrogens is 4. The van der Waals surface area contributed by atoms with Gasteiger partial charge in [-0.2, -0.15) is 0 Å². The third-order valence-electron chi connectivity index (χ3n) is 4.49. The van der Waals surface area contributed by atoms with E-state index < -0.39 is 0 Å². The van der Waals surface area contributed by atoms with E-state index in [1.54, 1.807) is 43.6 Å². The standard InChI is InChI=1S/C21H24FN5O2S/c1-15(20(28)26(2)14-16-5-4-6-18(22)13-16)30-21-25-24-19(27(21)11-12-29-3)17-7-9-23-10-8-17/h4-10,13,15H,11-12,14H2,1-3H3. The summed E-state index contributed by atoms with van der Waals surface area (Å²) in [7, 11) is 3.35. The molecule has 0 spiro atoms. The lowest BCUT2D eigenvalue weighted by molar-refractivity contribution is -0.129. The van der Waals surface area contributed by atoms with Gasteiger partial charge in [-0.15, -0.1) is 10.2 Å². The topological polar surface area (TPSA) is 73.1 Å². The molecule has 0 fully saturated rings. The second-order valence-electron chi connectivity index (χ2n) is 6.77. The number of amides is 1. The van der Waals surface area contributed by atoms with Gasteiger partial charge in [0, 0.05) is 38.7 Å². The van der Waals surface area contributed by atoms with Gasteiger partial charge in [0.1, 0.15) is 5.82 Å². The largest absolute Gasteiger partial charge is 0.383 e. The molecule has 1 unspecified atom stereocenters. The third-order valence-corrected chi connectivity index (χ3v) is 5.56. The molecule has 0 aliphatic rings. The summed E-state index contributed by atoms with van der Waals surface area (Å²) in [6.45, 7) is 3.21. The van der Waals surface area contributed by atoms with Crippen molar-refractivity contribution in [3.8, 4) is 11.4 Å². The van der Waals surface area contributed by atoms with Gasteiger partial charge < -0.3 is 9.64 Å². The summed E-state index contributed by atoms with van der Waals surface area (Å²) in [6, 6.07) is 9.99. The van der Waals surface area contributed by atoms with Gasteiger partial charge in [0.05, 0.1) is 18.4 Å². The molecule has 2 aromatic heterocycles. The molecule has 2 heterocycles. The molecular formula is C21H24FN5O2S. The number of nitrogens with zero attached hydrogens (tertiary/aromatic N) is 5. The number of rotatable bonds is 9. The van der Waals surface area contributed by atoms with Crippen LogP contribution in [0.1, 0.15) is 12.5 Å². The highest BCUT2D eigenvalue weighted by atomic mass is 32.2. The molecular weight excluding hydrogens is 405 g/mol. The minimum absolute atomic E-state index is 0.0731.